The van der Waals surface area contributed by atoms with Crippen LogP contribution in [0.3, 0.4) is 0 Å². The Bertz CT molecular complexity index is 664. The molecule has 0 bridgehead atoms. The van der Waals surface area contributed by atoms with Crippen LogP contribution in [0.15, 0.2) is 47.7 Å². The van der Waals surface area contributed by atoms with E-state index in [1.54, 1.807) is 24.5 Å². The highest BCUT2D eigenvalue weighted by Gasteiger charge is 2.10. The molecule has 122 valence electrons. The van der Waals surface area contributed by atoms with Gasteiger partial charge in [0, 0.05) is 16.2 Å². The Morgan fingerprint density at radius 2 is 2.22 bits per heavy atom. The van der Waals surface area contributed by atoms with Crippen molar-refractivity contribution < 1.29 is 4.74 Å². The van der Waals surface area contributed by atoms with Gasteiger partial charge in [0.1, 0.15) is 12.4 Å². The van der Waals surface area contributed by atoms with Crippen LogP contribution < -0.4 is 15.8 Å². The van der Waals surface area contributed by atoms with Crippen LogP contribution in [0.4, 0.5) is 0 Å². The van der Waals surface area contributed by atoms with Gasteiger partial charge < -0.3 is 15.8 Å². The molecule has 23 heavy (non-hydrogen) atoms. The number of aromatic nitrogens is 1. The lowest BCUT2D eigenvalue weighted by Gasteiger charge is -2.16. The summed E-state index contributed by atoms with van der Waals surface area (Å²) in [5.74, 6) is 1.04. The Labute approximate surface area is 145 Å². The molecule has 2 rings (SSSR count). The zero-order valence-electron chi connectivity index (χ0n) is 12.7. The van der Waals surface area contributed by atoms with Crippen molar-refractivity contribution in [3.05, 3.63) is 58.3 Å². The SMILES string of the molecule is CC(NC(N)=NCCOc1cccnc1)c1ccc(Cl)cc1Cl. The first kappa shape index (κ1) is 17.4. The number of nitrogens with two attached hydrogens (primary N) is 1. The van der Waals surface area contributed by atoms with E-state index in [9.17, 15) is 0 Å². The van der Waals surface area contributed by atoms with Gasteiger partial charge in [-0.25, -0.2) is 4.99 Å². The summed E-state index contributed by atoms with van der Waals surface area (Å²) in [6.45, 7) is 2.81. The van der Waals surface area contributed by atoms with Crippen LogP contribution in [-0.4, -0.2) is 24.1 Å². The van der Waals surface area contributed by atoms with Crippen LogP contribution in [0.5, 0.6) is 5.75 Å². The molecule has 1 aromatic heterocycles. The van der Waals surface area contributed by atoms with E-state index in [0.717, 1.165) is 5.56 Å². The number of rotatable bonds is 6. The molecular formula is C16H18Cl2N4O. The minimum Gasteiger partial charge on any atom is -0.490 e. The van der Waals surface area contributed by atoms with Crippen molar-refractivity contribution in [2.45, 2.75) is 13.0 Å². The van der Waals surface area contributed by atoms with E-state index >= 15 is 0 Å². The topological polar surface area (TPSA) is 72.5 Å². The second-order valence-corrected chi connectivity index (χ2v) is 5.68. The maximum absolute atomic E-state index is 6.17. The first-order chi connectivity index (χ1) is 11.1. The molecule has 0 aliphatic heterocycles. The summed E-state index contributed by atoms with van der Waals surface area (Å²) < 4.78 is 5.49. The van der Waals surface area contributed by atoms with Gasteiger partial charge >= 0.3 is 0 Å². The smallest absolute Gasteiger partial charge is 0.189 e. The quantitative estimate of drug-likeness (QED) is 0.474. The maximum Gasteiger partial charge on any atom is 0.189 e. The van der Waals surface area contributed by atoms with Crippen LogP contribution in [0, 0.1) is 0 Å². The van der Waals surface area contributed by atoms with E-state index in [-0.39, 0.29) is 6.04 Å². The number of nitrogens with one attached hydrogen (secondary N) is 1. The molecule has 0 aliphatic carbocycles. The van der Waals surface area contributed by atoms with E-state index in [1.807, 2.05) is 25.1 Å². The van der Waals surface area contributed by atoms with Gasteiger partial charge in [-0.1, -0.05) is 29.3 Å². The van der Waals surface area contributed by atoms with Crippen molar-refractivity contribution in [3.63, 3.8) is 0 Å². The summed E-state index contributed by atoms with van der Waals surface area (Å²) in [5, 5.41) is 4.27. The molecule has 1 atom stereocenters. The second-order valence-electron chi connectivity index (χ2n) is 4.84. The zero-order valence-corrected chi connectivity index (χ0v) is 14.2. The van der Waals surface area contributed by atoms with Gasteiger partial charge in [-0.15, -0.1) is 0 Å². The fraction of sp³-hybridized carbons (Fsp3) is 0.250. The average molecular weight is 353 g/mol. The third kappa shape index (κ3) is 5.62. The minimum atomic E-state index is -0.0808. The molecule has 0 aliphatic rings. The normalized spacial score (nSPS) is 12.7. The average Bonchev–Trinajstić information content (AvgIpc) is 2.52. The van der Waals surface area contributed by atoms with Crippen LogP contribution in [0.25, 0.3) is 0 Å². The van der Waals surface area contributed by atoms with Gasteiger partial charge in [0.25, 0.3) is 0 Å². The zero-order chi connectivity index (χ0) is 16.7. The number of aliphatic imine (C=N–C) groups is 1. The van der Waals surface area contributed by atoms with Crippen LogP contribution >= 0.6 is 23.2 Å². The Morgan fingerprint density at radius 3 is 2.91 bits per heavy atom. The summed E-state index contributed by atoms with van der Waals surface area (Å²) >= 11 is 12.1. The lowest BCUT2D eigenvalue weighted by Crippen LogP contribution is -2.34. The number of halogens is 2. The van der Waals surface area contributed by atoms with Gasteiger partial charge in [-0.2, -0.15) is 0 Å². The van der Waals surface area contributed by atoms with Crippen LogP contribution in [-0.2, 0) is 0 Å². The summed E-state index contributed by atoms with van der Waals surface area (Å²) in [6, 6.07) is 8.92. The van der Waals surface area contributed by atoms with Crippen LogP contribution in [0.2, 0.25) is 10.0 Å². The predicted molar refractivity (Wildman–Crippen MR) is 94.2 cm³/mol. The molecule has 5 nitrogen and oxygen atoms in total. The molecule has 0 saturated carbocycles. The summed E-state index contributed by atoms with van der Waals surface area (Å²) in [4.78, 5) is 8.19. The number of ether oxygens (including phenoxy) is 1. The maximum atomic E-state index is 6.17. The second kappa shape index (κ2) is 8.60. The van der Waals surface area contributed by atoms with Crippen molar-refractivity contribution >= 4 is 29.2 Å². The molecule has 0 saturated heterocycles. The van der Waals surface area contributed by atoms with Crippen molar-refractivity contribution in [2.75, 3.05) is 13.2 Å². The standard InChI is InChI=1S/C16H18Cl2N4O/c1-11(14-5-4-12(17)9-15(14)18)22-16(19)21-7-8-23-13-3-2-6-20-10-13/h2-6,9-11H,7-8H2,1H3,(H3,19,21,22). The number of pyridine rings is 1. The van der Waals surface area contributed by atoms with Crippen molar-refractivity contribution in [1.29, 1.82) is 0 Å². The fourth-order valence-electron chi connectivity index (χ4n) is 1.96. The third-order valence-corrected chi connectivity index (χ3v) is 3.63. The molecule has 3 N–H and O–H groups in total. The number of benzene rings is 1. The van der Waals surface area contributed by atoms with E-state index in [4.69, 9.17) is 33.7 Å². The Hall–Kier alpha value is -1.98. The van der Waals surface area contributed by atoms with Crippen LogP contribution in [0.1, 0.15) is 18.5 Å². The molecule has 0 amide bonds. The first-order valence-electron chi connectivity index (χ1n) is 7.10. The first-order valence-corrected chi connectivity index (χ1v) is 7.86. The Morgan fingerprint density at radius 1 is 1.39 bits per heavy atom. The monoisotopic (exact) mass is 352 g/mol. The minimum absolute atomic E-state index is 0.0808. The van der Waals surface area contributed by atoms with Gasteiger partial charge in [-0.05, 0) is 36.8 Å². The van der Waals surface area contributed by atoms with Crippen molar-refractivity contribution in [1.82, 2.24) is 10.3 Å². The highest BCUT2D eigenvalue weighted by molar-refractivity contribution is 6.35. The highest BCUT2D eigenvalue weighted by atomic mass is 35.5. The molecular weight excluding hydrogens is 335 g/mol. The summed E-state index contributed by atoms with van der Waals surface area (Å²) in [6.07, 6.45) is 3.34. The van der Waals surface area contributed by atoms with Gasteiger partial charge in [0.05, 0.1) is 18.8 Å². The molecule has 0 fully saturated rings. The van der Waals surface area contributed by atoms with E-state index in [0.29, 0.717) is 34.9 Å². The number of hydrogen-bond donors (Lipinski definition) is 2. The molecule has 0 radical (unpaired) electrons. The number of guanidine groups is 1. The van der Waals surface area contributed by atoms with E-state index in [2.05, 4.69) is 15.3 Å². The van der Waals surface area contributed by atoms with Gasteiger partial charge in [-0.3, -0.25) is 4.98 Å². The molecule has 0 spiro atoms. The Balaban J connectivity index is 1.82. The molecule has 7 heteroatoms. The number of hydrogen-bond acceptors (Lipinski definition) is 3. The van der Waals surface area contributed by atoms with E-state index in [1.165, 1.54) is 0 Å². The predicted octanol–water partition coefficient (Wildman–Crippen LogP) is 3.43. The molecule has 1 unspecified atom stereocenters. The van der Waals surface area contributed by atoms with E-state index < -0.39 is 0 Å². The Kier molecular flexibility index (Phi) is 6.50. The highest BCUT2D eigenvalue weighted by Crippen LogP contribution is 2.25. The number of nitrogens with zero attached hydrogens (tertiary/aromatic N) is 2. The summed E-state index contributed by atoms with van der Waals surface area (Å²) in [7, 11) is 0. The lowest BCUT2D eigenvalue weighted by atomic mass is 10.1. The van der Waals surface area contributed by atoms with Gasteiger partial charge in [0.2, 0.25) is 0 Å². The molecule has 1 heterocycles. The molecule has 1 aromatic carbocycles. The fourth-order valence-corrected chi connectivity index (χ4v) is 2.53. The summed E-state index contributed by atoms with van der Waals surface area (Å²) in [5.41, 5.74) is 6.78. The lowest BCUT2D eigenvalue weighted by molar-refractivity contribution is 0.327. The largest absolute Gasteiger partial charge is 0.490 e. The van der Waals surface area contributed by atoms with Crippen molar-refractivity contribution in [3.8, 4) is 5.75 Å². The molecule has 2 aromatic rings. The third-order valence-electron chi connectivity index (χ3n) is 3.07. The van der Waals surface area contributed by atoms with Crippen molar-refractivity contribution in [2.24, 2.45) is 10.7 Å². The van der Waals surface area contributed by atoms with Gasteiger partial charge in [0.15, 0.2) is 5.96 Å².